The number of nitrogens with two attached hydrogens (primary N) is 1. The minimum atomic E-state index is -1.82. The summed E-state index contributed by atoms with van der Waals surface area (Å²) < 4.78 is 40.3. The van der Waals surface area contributed by atoms with Gasteiger partial charge in [0.05, 0.1) is 6.10 Å². The average molecular weight is 597 g/mol. The van der Waals surface area contributed by atoms with Crippen LogP contribution in [0.15, 0.2) is 48.5 Å². The minimum absolute atomic E-state index is 0.0535. The highest BCUT2D eigenvalue weighted by Gasteiger charge is 2.40. The smallest absolute Gasteiger partial charge is 0.414 e. The molecule has 0 spiro atoms. The molecule has 0 amide bonds. The van der Waals surface area contributed by atoms with Gasteiger partial charge >= 0.3 is 11.9 Å². The summed E-state index contributed by atoms with van der Waals surface area (Å²) in [7, 11) is 0. The summed E-state index contributed by atoms with van der Waals surface area (Å²) in [5, 5.41) is 14.8. The summed E-state index contributed by atoms with van der Waals surface area (Å²) in [5.41, 5.74) is 13.3. The lowest BCUT2D eigenvalue weighted by Crippen LogP contribution is -2.48. The zero-order chi connectivity index (χ0) is 31.5. The highest BCUT2D eigenvalue weighted by Crippen LogP contribution is 2.44. The van der Waals surface area contributed by atoms with Crippen molar-refractivity contribution in [3.05, 3.63) is 93.5 Å². The number of carboxylic acids is 2. The fraction of sp³-hybridized carbons (Fsp3) is 0.394. The predicted octanol–water partition coefficient (Wildman–Crippen LogP) is 5.59. The van der Waals surface area contributed by atoms with E-state index in [4.69, 9.17) is 35.0 Å². The van der Waals surface area contributed by atoms with Crippen LogP contribution < -0.4 is 10.5 Å². The molecule has 8 nitrogen and oxygen atoms in total. The number of hydrogen-bond donors (Lipinski definition) is 3. The van der Waals surface area contributed by atoms with Crippen molar-refractivity contribution in [2.75, 3.05) is 25.4 Å². The molecule has 43 heavy (non-hydrogen) atoms. The van der Waals surface area contributed by atoms with Gasteiger partial charge in [0.2, 0.25) is 0 Å². The van der Waals surface area contributed by atoms with Gasteiger partial charge in [-0.1, -0.05) is 24.3 Å². The first kappa shape index (κ1) is 31.9. The van der Waals surface area contributed by atoms with Gasteiger partial charge in [-0.2, -0.15) is 0 Å². The maximum Gasteiger partial charge on any atom is 0.414 e. The van der Waals surface area contributed by atoms with Crippen LogP contribution in [-0.4, -0.2) is 58.4 Å². The second-order valence-electron chi connectivity index (χ2n) is 11.5. The van der Waals surface area contributed by atoms with Crippen molar-refractivity contribution in [2.24, 2.45) is 0 Å². The molecule has 1 saturated heterocycles. The fourth-order valence-corrected chi connectivity index (χ4v) is 5.80. The monoisotopic (exact) mass is 596 g/mol. The molecular weight excluding hydrogens is 558 g/mol. The number of halogens is 2. The summed E-state index contributed by atoms with van der Waals surface area (Å²) in [6, 6.07) is 12.7. The van der Waals surface area contributed by atoms with Gasteiger partial charge in [-0.05, 0) is 92.6 Å². The highest BCUT2D eigenvalue weighted by molar-refractivity contribution is 6.27. The molecule has 4 N–H and O–H groups in total. The van der Waals surface area contributed by atoms with Crippen LogP contribution in [0.1, 0.15) is 59.3 Å². The largest absolute Gasteiger partial charge is 0.485 e. The summed E-state index contributed by atoms with van der Waals surface area (Å²) in [4.78, 5) is 20.7. The van der Waals surface area contributed by atoms with Crippen molar-refractivity contribution in [1.29, 1.82) is 0 Å². The number of aliphatic carboxylic acids is 2. The second kappa shape index (κ2) is 13.1. The predicted molar refractivity (Wildman–Crippen MR) is 158 cm³/mol. The Balaban J connectivity index is 0.000000641. The van der Waals surface area contributed by atoms with Crippen LogP contribution in [0.25, 0.3) is 0 Å². The third-order valence-corrected chi connectivity index (χ3v) is 8.29. The van der Waals surface area contributed by atoms with Crippen LogP contribution in [0.3, 0.4) is 0 Å². The molecule has 1 atom stereocenters. The van der Waals surface area contributed by atoms with Gasteiger partial charge in [-0.15, -0.1) is 0 Å². The lowest BCUT2D eigenvalue weighted by Gasteiger charge is -2.38. The number of carboxylic acid groups (broad SMARTS) is 2. The van der Waals surface area contributed by atoms with Crippen LogP contribution in [-0.2, 0) is 20.7 Å². The Labute approximate surface area is 250 Å². The molecule has 2 aliphatic rings. The van der Waals surface area contributed by atoms with Gasteiger partial charge < -0.3 is 25.4 Å². The Bertz CT molecular complexity index is 1370. The second-order valence-corrected chi connectivity index (χ2v) is 11.5. The Hall–Kier alpha value is -4.02. The molecule has 10 heteroatoms. The molecule has 5 rings (SSSR count). The minimum Gasteiger partial charge on any atom is -0.485 e. The first-order chi connectivity index (χ1) is 20.3. The molecule has 0 radical (unpaired) electrons. The van der Waals surface area contributed by atoms with Gasteiger partial charge in [-0.3, -0.25) is 4.90 Å². The van der Waals surface area contributed by atoms with Crippen LogP contribution in [0, 0.1) is 32.4 Å². The SMILES string of the molecule is Cc1c(C)c2c(c(C)c1N)CC(C)(CN1CCC(OC(c3ccc(F)cc3)c3ccc(F)cc3)CC1)O2.O=C(O)C(=O)O. The van der Waals surface area contributed by atoms with E-state index in [1.807, 2.05) is 0 Å². The number of rotatable bonds is 6. The Morgan fingerprint density at radius 2 is 1.42 bits per heavy atom. The number of carbonyl (C=O) groups is 2. The van der Waals surface area contributed by atoms with Crippen LogP contribution >= 0.6 is 0 Å². The molecule has 2 heterocycles. The van der Waals surface area contributed by atoms with E-state index >= 15 is 0 Å². The summed E-state index contributed by atoms with van der Waals surface area (Å²) in [6.07, 6.45) is 2.30. The Morgan fingerprint density at radius 1 is 0.930 bits per heavy atom. The lowest BCUT2D eigenvalue weighted by atomic mass is 9.91. The number of ether oxygens (including phenoxy) is 2. The van der Waals surface area contributed by atoms with Crippen LogP contribution in [0.2, 0.25) is 0 Å². The van der Waals surface area contributed by atoms with E-state index in [0.29, 0.717) is 0 Å². The van der Waals surface area contributed by atoms with Crippen molar-refractivity contribution >= 4 is 17.6 Å². The molecule has 0 aliphatic carbocycles. The number of likely N-dealkylation sites (tertiary alicyclic amines) is 1. The zero-order valence-electron chi connectivity index (χ0n) is 24.8. The van der Waals surface area contributed by atoms with E-state index in [1.54, 1.807) is 24.3 Å². The van der Waals surface area contributed by atoms with Gasteiger partial charge in [0.15, 0.2) is 0 Å². The Morgan fingerprint density at radius 3 is 1.88 bits per heavy atom. The number of hydrogen-bond acceptors (Lipinski definition) is 6. The number of anilines is 1. The summed E-state index contributed by atoms with van der Waals surface area (Å²) >= 11 is 0. The molecule has 2 aliphatic heterocycles. The number of piperidine rings is 1. The molecule has 1 fully saturated rings. The molecule has 0 saturated carbocycles. The number of benzene rings is 3. The normalized spacial score (nSPS) is 18.5. The number of nitrogen functional groups attached to an aromatic ring is 1. The van der Waals surface area contributed by atoms with E-state index in [-0.39, 0.29) is 29.4 Å². The first-order valence-corrected chi connectivity index (χ1v) is 14.2. The van der Waals surface area contributed by atoms with E-state index < -0.39 is 11.9 Å². The van der Waals surface area contributed by atoms with Gasteiger partial charge in [0.1, 0.15) is 29.1 Å². The van der Waals surface area contributed by atoms with Gasteiger partial charge in [-0.25, -0.2) is 18.4 Å². The molecule has 3 aromatic carbocycles. The fourth-order valence-electron chi connectivity index (χ4n) is 5.80. The third-order valence-electron chi connectivity index (χ3n) is 8.29. The van der Waals surface area contributed by atoms with Crippen LogP contribution in [0.5, 0.6) is 5.75 Å². The van der Waals surface area contributed by atoms with Gasteiger partial charge in [0.25, 0.3) is 0 Å². The third kappa shape index (κ3) is 7.50. The number of fused-ring (bicyclic) bond motifs is 1. The van der Waals surface area contributed by atoms with E-state index in [0.717, 1.165) is 78.2 Å². The van der Waals surface area contributed by atoms with Crippen molar-refractivity contribution in [2.45, 2.75) is 64.8 Å². The maximum atomic E-state index is 13.6. The molecule has 1 unspecified atom stereocenters. The molecule has 0 aromatic heterocycles. The van der Waals surface area contributed by atoms with Crippen molar-refractivity contribution in [3.63, 3.8) is 0 Å². The maximum absolute atomic E-state index is 13.6. The Kier molecular flexibility index (Phi) is 9.72. The van der Waals surface area contributed by atoms with E-state index in [2.05, 4.69) is 32.6 Å². The van der Waals surface area contributed by atoms with Crippen molar-refractivity contribution in [3.8, 4) is 5.75 Å². The quantitative estimate of drug-likeness (QED) is 0.249. The number of nitrogens with zero attached hydrogens (tertiary/aromatic N) is 1. The molecule has 0 bridgehead atoms. The molecule has 230 valence electrons. The summed E-state index contributed by atoms with van der Waals surface area (Å²) in [6.45, 7) is 11.1. The standard InChI is InChI=1S/C31H36F2N2O2.C2H2O4/c1-19-20(2)29-27(21(3)28(19)34)17-31(4,37-29)18-35-15-13-26(14-16-35)36-30(22-5-9-24(32)10-6-22)23-7-11-25(33)12-8-23;3-1(4)2(5)6/h5-12,26,30H,13-18,34H2,1-4H3;(H,3,4)(H,5,6). The lowest BCUT2D eigenvalue weighted by molar-refractivity contribution is -0.159. The van der Waals surface area contributed by atoms with Crippen LogP contribution in [0.4, 0.5) is 14.5 Å². The molecular formula is C33H38F2N2O6. The van der Waals surface area contributed by atoms with Crippen molar-refractivity contribution < 1.29 is 38.1 Å². The molecule has 3 aromatic rings. The van der Waals surface area contributed by atoms with E-state index in [1.165, 1.54) is 29.8 Å². The van der Waals surface area contributed by atoms with E-state index in [9.17, 15) is 8.78 Å². The summed E-state index contributed by atoms with van der Waals surface area (Å²) in [5.74, 6) is -3.22. The van der Waals surface area contributed by atoms with Crippen molar-refractivity contribution in [1.82, 2.24) is 4.90 Å². The average Bonchev–Trinajstić information content (AvgIpc) is 3.33. The topological polar surface area (TPSA) is 122 Å². The first-order valence-electron chi connectivity index (χ1n) is 14.2. The van der Waals surface area contributed by atoms with Gasteiger partial charge in [0, 0.05) is 37.3 Å². The highest BCUT2D eigenvalue weighted by atomic mass is 19.1. The zero-order valence-corrected chi connectivity index (χ0v) is 24.8.